The molecule has 0 fully saturated rings. The summed E-state index contributed by atoms with van der Waals surface area (Å²) in [6.07, 6.45) is 2.93. The molecule has 1 aromatic carbocycles. The number of nitrogens with two attached hydrogens (primary N) is 1. The predicted molar refractivity (Wildman–Crippen MR) is 79.7 cm³/mol. The van der Waals surface area contributed by atoms with Gasteiger partial charge in [0.25, 0.3) is 0 Å². The van der Waals surface area contributed by atoms with Gasteiger partial charge in [-0.2, -0.15) is 0 Å². The number of para-hydroxylation sites is 1. The number of carbonyl (C=O) groups excluding carboxylic acids is 1. The average Bonchev–Trinajstić information content (AvgIpc) is 2.41. The van der Waals surface area contributed by atoms with Gasteiger partial charge in [-0.15, -0.1) is 0 Å². The van der Waals surface area contributed by atoms with Gasteiger partial charge >= 0.3 is 0 Å². The fraction of sp³-hybridized carbons (Fsp3) is 0.143. The van der Waals surface area contributed by atoms with Crippen molar-refractivity contribution in [3.63, 3.8) is 0 Å². The van der Waals surface area contributed by atoms with Crippen molar-refractivity contribution < 1.29 is 9.00 Å². The van der Waals surface area contributed by atoms with E-state index in [1.807, 2.05) is 25.1 Å². The van der Waals surface area contributed by atoms with Gasteiger partial charge in [0.15, 0.2) is 0 Å². The second kappa shape index (κ2) is 6.29. The summed E-state index contributed by atoms with van der Waals surface area (Å²) in [4.78, 5) is 16.2. The lowest BCUT2D eigenvalue weighted by atomic mass is 10.2. The van der Waals surface area contributed by atoms with Crippen LogP contribution in [-0.2, 0) is 15.6 Å². The molecule has 1 amide bonds. The van der Waals surface area contributed by atoms with Crippen molar-refractivity contribution in [2.45, 2.75) is 11.8 Å². The standard InChI is InChI=1S/C14H15N3O2S/c1-10-4-2-3-5-12(10)17-14(18)9-20(19)13-6-7-16-8-11(13)15/h2-8H,9,15H2,1H3,(H,17,18). The zero-order valence-corrected chi connectivity index (χ0v) is 11.8. The lowest BCUT2D eigenvalue weighted by molar-refractivity contribution is -0.113. The Balaban J connectivity index is 2.04. The number of aryl methyl sites for hydroxylation is 1. The summed E-state index contributed by atoms with van der Waals surface area (Å²) >= 11 is 0. The number of aromatic nitrogens is 1. The van der Waals surface area contributed by atoms with E-state index >= 15 is 0 Å². The quantitative estimate of drug-likeness (QED) is 0.897. The highest BCUT2D eigenvalue weighted by Crippen LogP contribution is 2.16. The molecule has 0 aliphatic heterocycles. The Morgan fingerprint density at radius 1 is 1.35 bits per heavy atom. The third-order valence-corrected chi connectivity index (χ3v) is 4.12. The van der Waals surface area contributed by atoms with Crippen LogP contribution in [0, 0.1) is 6.92 Å². The number of carbonyl (C=O) groups is 1. The first-order valence-corrected chi connectivity index (χ1v) is 7.33. The Labute approximate surface area is 119 Å². The van der Waals surface area contributed by atoms with E-state index in [0.29, 0.717) is 10.6 Å². The van der Waals surface area contributed by atoms with Gasteiger partial charge in [0.1, 0.15) is 5.75 Å². The molecule has 0 saturated carbocycles. The minimum atomic E-state index is -1.48. The van der Waals surface area contributed by atoms with Crippen molar-refractivity contribution in [2.24, 2.45) is 0 Å². The molecular formula is C14H15N3O2S. The van der Waals surface area contributed by atoms with Crippen molar-refractivity contribution in [3.05, 3.63) is 48.3 Å². The summed E-state index contributed by atoms with van der Waals surface area (Å²) in [6.45, 7) is 1.90. The molecule has 5 nitrogen and oxygen atoms in total. The molecule has 1 aromatic heterocycles. The highest BCUT2D eigenvalue weighted by Gasteiger charge is 2.13. The predicted octanol–water partition coefficient (Wildman–Crippen LogP) is 1.72. The molecule has 2 rings (SSSR count). The van der Waals surface area contributed by atoms with Crippen LogP contribution in [-0.4, -0.2) is 20.9 Å². The van der Waals surface area contributed by atoms with E-state index in [-0.39, 0.29) is 11.7 Å². The average molecular weight is 289 g/mol. The highest BCUT2D eigenvalue weighted by atomic mass is 32.2. The van der Waals surface area contributed by atoms with Gasteiger partial charge in [-0.25, -0.2) is 0 Å². The molecular weight excluding hydrogens is 274 g/mol. The van der Waals surface area contributed by atoms with Gasteiger partial charge < -0.3 is 11.1 Å². The van der Waals surface area contributed by atoms with Crippen molar-refractivity contribution in [2.75, 3.05) is 16.8 Å². The van der Waals surface area contributed by atoms with E-state index in [2.05, 4.69) is 10.3 Å². The molecule has 0 spiro atoms. The summed E-state index contributed by atoms with van der Waals surface area (Å²) in [6, 6.07) is 8.98. The van der Waals surface area contributed by atoms with Gasteiger partial charge in [-0.1, -0.05) is 18.2 Å². The number of hydrogen-bond acceptors (Lipinski definition) is 4. The Morgan fingerprint density at radius 2 is 2.10 bits per heavy atom. The maximum Gasteiger partial charge on any atom is 0.237 e. The van der Waals surface area contributed by atoms with Crippen LogP contribution in [0.5, 0.6) is 0 Å². The van der Waals surface area contributed by atoms with E-state index in [9.17, 15) is 9.00 Å². The van der Waals surface area contributed by atoms with Crippen LogP contribution in [0.2, 0.25) is 0 Å². The monoisotopic (exact) mass is 289 g/mol. The summed E-state index contributed by atoms with van der Waals surface area (Å²) in [5, 5.41) is 2.74. The fourth-order valence-electron chi connectivity index (χ4n) is 1.70. The number of nitrogens with one attached hydrogen (secondary N) is 1. The van der Waals surface area contributed by atoms with Crippen LogP contribution < -0.4 is 11.1 Å². The zero-order chi connectivity index (χ0) is 14.5. The lowest BCUT2D eigenvalue weighted by Crippen LogP contribution is -2.20. The molecule has 0 aliphatic carbocycles. The smallest absolute Gasteiger partial charge is 0.237 e. The largest absolute Gasteiger partial charge is 0.396 e. The van der Waals surface area contributed by atoms with E-state index in [1.165, 1.54) is 12.4 Å². The molecule has 0 saturated heterocycles. The molecule has 6 heteroatoms. The second-order valence-electron chi connectivity index (χ2n) is 4.27. The van der Waals surface area contributed by atoms with E-state index in [4.69, 9.17) is 5.73 Å². The van der Waals surface area contributed by atoms with Gasteiger partial charge in [0.05, 0.1) is 27.6 Å². The summed E-state index contributed by atoms with van der Waals surface area (Å²) in [7, 11) is -1.48. The molecule has 1 unspecified atom stereocenters. The molecule has 20 heavy (non-hydrogen) atoms. The van der Waals surface area contributed by atoms with Gasteiger partial charge in [0.2, 0.25) is 5.91 Å². The van der Waals surface area contributed by atoms with Crippen molar-refractivity contribution >= 4 is 28.1 Å². The van der Waals surface area contributed by atoms with Crippen LogP contribution >= 0.6 is 0 Å². The minimum absolute atomic E-state index is 0.136. The molecule has 1 heterocycles. The number of nitrogen functional groups attached to an aromatic ring is 1. The first-order valence-electron chi connectivity index (χ1n) is 6.01. The number of benzene rings is 1. The number of hydrogen-bond donors (Lipinski definition) is 2. The number of anilines is 2. The molecule has 3 N–H and O–H groups in total. The number of pyridine rings is 1. The third kappa shape index (κ3) is 3.42. The van der Waals surface area contributed by atoms with Crippen molar-refractivity contribution in [3.8, 4) is 0 Å². The van der Waals surface area contributed by atoms with Gasteiger partial charge in [-0.3, -0.25) is 14.0 Å². The van der Waals surface area contributed by atoms with Gasteiger partial charge in [0, 0.05) is 11.9 Å². The molecule has 0 radical (unpaired) electrons. The number of nitrogens with zero attached hydrogens (tertiary/aromatic N) is 1. The van der Waals surface area contributed by atoms with Crippen LogP contribution in [0.1, 0.15) is 5.56 Å². The topological polar surface area (TPSA) is 85.1 Å². The summed E-state index contributed by atoms with van der Waals surface area (Å²) < 4.78 is 12.1. The molecule has 104 valence electrons. The number of amides is 1. The SMILES string of the molecule is Cc1ccccc1NC(=O)CS(=O)c1ccncc1N. The van der Waals surface area contributed by atoms with E-state index in [0.717, 1.165) is 11.3 Å². The van der Waals surface area contributed by atoms with E-state index in [1.54, 1.807) is 12.1 Å². The zero-order valence-electron chi connectivity index (χ0n) is 11.0. The highest BCUT2D eigenvalue weighted by molar-refractivity contribution is 7.86. The molecule has 1 atom stereocenters. The Kier molecular flexibility index (Phi) is 4.47. The van der Waals surface area contributed by atoms with Crippen LogP contribution in [0.4, 0.5) is 11.4 Å². The third-order valence-electron chi connectivity index (χ3n) is 2.74. The molecule has 0 bridgehead atoms. The maximum atomic E-state index is 12.1. The Hall–Kier alpha value is -2.21. The lowest BCUT2D eigenvalue weighted by Gasteiger charge is -2.08. The Bertz CT molecular complexity index is 658. The van der Waals surface area contributed by atoms with Crippen molar-refractivity contribution in [1.29, 1.82) is 0 Å². The van der Waals surface area contributed by atoms with E-state index < -0.39 is 10.8 Å². The minimum Gasteiger partial charge on any atom is -0.396 e. The van der Waals surface area contributed by atoms with Crippen LogP contribution in [0.3, 0.4) is 0 Å². The van der Waals surface area contributed by atoms with Crippen LogP contribution in [0.15, 0.2) is 47.6 Å². The molecule has 2 aromatic rings. The van der Waals surface area contributed by atoms with Gasteiger partial charge in [-0.05, 0) is 24.6 Å². The first kappa shape index (κ1) is 14.2. The molecule has 0 aliphatic rings. The first-order chi connectivity index (χ1) is 9.58. The maximum absolute atomic E-state index is 12.1. The number of rotatable bonds is 4. The van der Waals surface area contributed by atoms with Crippen LogP contribution in [0.25, 0.3) is 0 Å². The summed E-state index contributed by atoms with van der Waals surface area (Å²) in [5.74, 6) is -0.448. The second-order valence-corrected chi connectivity index (χ2v) is 5.69. The fourth-order valence-corrected chi connectivity index (χ4v) is 2.69. The summed E-state index contributed by atoms with van der Waals surface area (Å²) in [5.41, 5.74) is 7.69. The van der Waals surface area contributed by atoms with Crippen molar-refractivity contribution in [1.82, 2.24) is 4.98 Å². The Morgan fingerprint density at radius 3 is 2.80 bits per heavy atom. The normalized spacial score (nSPS) is 11.8.